The van der Waals surface area contributed by atoms with Gasteiger partial charge in [0.15, 0.2) is 0 Å². The Morgan fingerprint density at radius 2 is 2.12 bits per heavy atom. The average Bonchev–Trinajstić information content (AvgIpc) is 2.49. The first-order valence-corrected chi connectivity index (χ1v) is 9.26. The molecular weight excluding hydrogens is 361 g/mol. The lowest BCUT2D eigenvalue weighted by Crippen LogP contribution is -2.57. The van der Waals surface area contributed by atoms with Crippen molar-refractivity contribution < 1.29 is 9.59 Å². The summed E-state index contributed by atoms with van der Waals surface area (Å²) in [7, 11) is 0. The van der Waals surface area contributed by atoms with Crippen molar-refractivity contribution >= 4 is 35.0 Å². The van der Waals surface area contributed by atoms with Crippen LogP contribution in [0.15, 0.2) is 12.1 Å². The summed E-state index contributed by atoms with van der Waals surface area (Å²) in [6.07, 6.45) is 0.142. The zero-order chi connectivity index (χ0) is 18.6. The van der Waals surface area contributed by atoms with Crippen LogP contribution >= 0.6 is 23.2 Å². The second-order valence-electron chi connectivity index (χ2n) is 6.86. The molecule has 25 heavy (non-hydrogen) atoms. The third-order valence-electron chi connectivity index (χ3n) is 4.27. The molecule has 0 spiro atoms. The van der Waals surface area contributed by atoms with Gasteiger partial charge in [0, 0.05) is 36.2 Å². The molecule has 1 unspecified atom stereocenters. The molecule has 2 rings (SSSR count). The van der Waals surface area contributed by atoms with Crippen LogP contribution in [0.3, 0.4) is 0 Å². The Hall–Kier alpha value is -1.30. The predicted octanol–water partition coefficient (Wildman–Crippen LogP) is 2.76. The fourth-order valence-electron chi connectivity index (χ4n) is 3.06. The standard InChI is InChI=1S/C18H25Cl2N3O2/c1-11(2)10-23-5-4-21-18(25)16(23)8-17(24)22-9-14-12(3)6-13(19)7-15(14)20/h6-7,11,16H,4-5,8-10H2,1-3H3,(H,21,25)(H,22,24). The van der Waals surface area contributed by atoms with E-state index in [1.54, 1.807) is 6.07 Å². The van der Waals surface area contributed by atoms with Crippen LogP contribution in [0.4, 0.5) is 0 Å². The van der Waals surface area contributed by atoms with Gasteiger partial charge in [0.2, 0.25) is 11.8 Å². The third kappa shape index (κ3) is 5.59. The van der Waals surface area contributed by atoms with Crippen molar-refractivity contribution in [1.82, 2.24) is 15.5 Å². The maximum Gasteiger partial charge on any atom is 0.237 e. The number of nitrogens with one attached hydrogen (secondary N) is 2. The Labute approximate surface area is 159 Å². The molecule has 1 aliphatic rings. The highest BCUT2D eigenvalue weighted by Crippen LogP contribution is 2.24. The highest BCUT2D eigenvalue weighted by atomic mass is 35.5. The quantitative estimate of drug-likeness (QED) is 0.791. The van der Waals surface area contributed by atoms with Gasteiger partial charge in [-0.1, -0.05) is 37.0 Å². The molecule has 0 aromatic heterocycles. The van der Waals surface area contributed by atoms with Gasteiger partial charge in [-0.3, -0.25) is 14.5 Å². The Kier molecular flexibility index (Phi) is 7.11. The van der Waals surface area contributed by atoms with E-state index in [1.165, 1.54) is 0 Å². The molecule has 2 amide bonds. The van der Waals surface area contributed by atoms with Crippen LogP contribution in [0.5, 0.6) is 0 Å². The van der Waals surface area contributed by atoms with Crippen molar-refractivity contribution in [3.05, 3.63) is 33.3 Å². The Bertz CT molecular complexity index is 626. The minimum Gasteiger partial charge on any atom is -0.353 e. The maximum absolute atomic E-state index is 12.4. The number of aryl methyl sites for hydroxylation is 1. The summed E-state index contributed by atoms with van der Waals surface area (Å²) < 4.78 is 0. The molecule has 7 heteroatoms. The van der Waals surface area contributed by atoms with E-state index in [4.69, 9.17) is 23.2 Å². The van der Waals surface area contributed by atoms with E-state index in [0.29, 0.717) is 29.1 Å². The Morgan fingerprint density at radius 1 is 1.40 bits per heavy atom. The number of halogens is 2. The minimum absolute atomic E-state index is 0.0808. The lowest BCUT2D eigenvalue weighted by atomic mass is 10.1. The number of amides is 2. The van der Waals surface area contributed by atoms with Crippen molar-refractivity contribution in [2.24, 2.45) is 5.92 Å². The predicted molar refractivity (Wildman–Crippen MR) is 101 cm³/mol. The molecule has 1 heterocycles. The van der Waals surface area contributed by atoms with Gasteiger partial charge in [-0.25, -0.2) is 0 Å². The van der Waals surface area contributed by atoms with Crippen LogP contribution in [0.25, 0.3) is 0 Å². The number of hydrogen-bond acceptors (Lipinski definition) is 3. The summed E-state index contributed by atoms with van der Waals surface area (Å²) in [4.78, 5) is 26.6. The zero-order valence-corrected chi connectivity index (χ0v) is 16.4. The number of rotatable bonds is 6. The molecule has 0 bridgehead atoms. The first-order valence-electron chi connectivity index (χ1n) is 8.51. The highest BCUT2D eigenvalue weighted by Gasteiger charge is 2.31. The number of carbonyl (C=O) groups excluding carboxylic acids is 2. The molecule has 138 valence electrons. The Balaban J connectivity index is 1.97. The molecule has 0 radical (unpaired) electrons. The SMILES string of the molecule is Cc1cc(Cl)cc(Cl)c1CNC(=O)CC1C(=O)NCCN1CC(C)C. The normalized spacial score (nSPS) is 18.3. The summed E-state index contributed by atoms with van der Waals surface area (Å²) in [6.45, 7) is 8.63. The van der Waals surface area contributed by atoms with Gasteiger partial charge in [0.1, 0.15) is 0 Å². The smallest absolute Gasteiger partial charge is 0.237 e. The summed E-state index contributed by atoms with van der Waals surface area (Å²) in [5, 5.41) is 6.81. The molecule has 0 saturated carbocycles. The van der Waals surface area contributed by atoms with Crippen LogP contribution in [-0.4, -0.2) is 42.4 Å². The minimum atomic E-state index is -0.419. The van der Waals surface area contributed by atoms with E-state index in [2.05, 4.69) is 29.4 Å². The second-order valence-corrected chi connectivity index (χ2v) is 7.70. The molecule has 2 N–H and O–H groups in total. The second kappa shape index (κ2) is 8.88. The maximum atomic E-state index is 12.4. The first kappa shape index (κ1) is 20.0. The molecule has 1 atom stereocenters. The third-order valence-corrected chi connectivity index (χ3v) is 4.82. The molecule has 1 saturated heterocycles. The molecule has 0 aliphatic carbocycles. The van der Waals surface area contributed by atoms with E-state index in [1.807, 2.05) is 13.0 Å². The number of hydrogen-bond donors (Lipinski definition) is 2. The van der Waals surface area contributed by atoms with Gasteiger partial charge in [-0.2, -0.15) is 0 Å². The molecule has 1 fully saturated rings. The fraction of sp³-hybridized carbons (Fsp3) is 0.556. The van der Waals surface area contributed by atoms with Crippen LogP contribution in [-0.2, 0) is 16.1 Å². The van der Waals surface area contributed by atoms with Crippen LogP contribution in [0, 0.1) is 12.8 Å². The largest absolute Gasteiger partial charge is 0.353 e. The number of carbonyl (C=O) groups is 2. The van der Waals surface area contributed by atoms with Crippen molar-refractivity contribution in [1.29, 1.82) is 0 Å². The summed E-state index contributed by atoms with van der Waals surface area (Å²) >= 11 is 12.2. The summed E-state index contributed by atoms with van der Waals surface area (Å²) in [5.41, 5.74) is 1.76. The van der Waals surface area contributed by atoms with Crippen molar-refractivity contribution in [2.75, 3.05) is 19.6 Å². The number of piperazine rings is 1. The lowest BCUT2D eigenvalue weighted by Gasteiger charge is -2.35. The number of benzene rings is 1. The molecule has 1 aliphatic heterocycles. The van der Waals surface area contributed by atoms with Crippen molar-refractivity contribution in [2.45, 2.75) is 39.8 Å². The van der Waals surface area contributed by atoms with E-state index < -0.39 is 6.04 Å². The van der Waals surface area contributed by atoms with Gasteiger partial charge in [-0.15, -0.1) is 0 Å². The average molecular weight is 386 g/mol. The summed E-state index contributed by atoms with van der Waals surface area (Å²) in [6, 6.07) is 3.06. The highest BCUT2D eigenvalue weighted by molar-refractivity contribution is 6.35. The van der Waals surface area contributed by atoms with Crippen LogP contribution in [0.1, 0.15) is 31.4 Å². The van der Waals surface area contributed by atoms with Gasteiger partial charge in [-0.05, 0) is 36.1 Å². The van der Waals surface area contributed by atoms with Gasteiger partial charge >= 0.3 is 0 Å². The Morgan fingerprint density at radius 3 is 2.76 bits per heavy atom. The van der Waals surface area contributed by atoms with Crippen molar-refractivity contribution in [3.8, 4) is 0 Å². The molecule has 5 nitrogen and oxygen atoms in total. The van der Waals surface area contributed by atoms with E-state index >= 15 is 0 Å². The topological polar surface area (TPSA) is 61.4 Å². The van der Waals surface area contributed by atoms with E-state index in [-0.39, 0.29) is 18.2 Å². The number of nitrogens with zero attached hydrogens (tertiary/aromatic N) is 1. The van der Waals surface area contributed by atoms with Gasteiger partial charge in [0.25, 0.3) is 0 Å². The lowest BCUT2D eigenvalue weighted by molar-refractivity contribution is -0.134. The van der Waals surface area contributed by atoms with Crippen LogP contribution < -0.4 is 10.6 Å². The zero-order valence-electron chi connectivity index (χ0n) is 14.9. The van der Waals surface area contributed by atoms with Crippen molar-refractivity contribution in [3.63, 3.8) is 0 Å². The van der Waals surface area contributed by atoms with Crippen LogP contribution in [0.2, 0.25) is 10.0 Å². The summed E-state index contributed by atoms with van der Waals surface area (Å²) in [5.74, 6) is 0.191. The van der Waals surface area contributed by atoms with E-state index in [9.17, 15) is 9.59 Å². The molecule has 1 aromatic rings. The van der Waals surface area contributed by atoms with Gasteiger partial charge in [0.05, 0.1) is 12.5 Å². The monoisotopic (exact) mass is 385 g/mol. The fourth-order valence-corrected chi connectivity index (χ4v) is 3.72. The molecule has 1 aromatic carbocycles. The van der Waals surface area contributed by atoms with E-state index in [0.717, 1.165) is 24.2 Å². The first-order chi connectivity index (χ1) is 11.8. The molecular formula is C18H25Cl2N3O2. The van der Waals surface area contributed by atoms with Gasteiger partial charge < -0.3 is 10.6 Å².